The fourth-order valence-corrected chi connectivity index (χ4v) is 2.01. The van der Waals surface area contributed by atoms with E-state index in [-0.39, 0.29) is 17.5 Å². The van der Waals surface area contributed by atoms with Gasteiger partial charge in [-0.05, 0) is 6.07 Å². The molecule has 1 fully saturated rings. The van der Waals surface area contributed by atoms with Crippen LogP contribution in [0.25, 0.3) is 0 Å². The zero-order valence-electron chi connectivity index (χ0n) is 8.27. The van der Waals surface area contributed by atoms with Gasteiger partial charge in [0.2, 0.25) is 5.91 Å². The molecular formula is C10H9ClN2O3. The summed E-state index contributed by atoms with van der Waals surface area (Å²) in [6.45, 7) is 0.446. The lowest BCUT2D eigenvalue weighted by molar-refractivity contribution is -0.385. The summed E-state index contributed by atoms with van der Waals surface area (Å²) in [5.74, 6) is -0.209. The van der Waals surface area contributed by atoms with Crippen molar-refractivity contribution in [3.05, 3.63) is 38.9 Å². The Labute approximate surface area is 96.6 Å². The first kappa shape index (κ1) is 10.9. The van der Waals surface area contributed by atoms with Gasteiger partial charge in [-0.1, -0.05) is 17.7 Å². The standard InChI is InChI=1S/C10H9ClN2O3/c11-7-1-2-8(9(4-7)13(15)16)6-3-10(14)12-5-6/h1-2,4,6H,3,5H2,(H,12,14). The van der Waals surface area contributed by atoms with Crippen LogP contribution in [0.4, 0.5) is 5.69 Å². The van der Waals surface area contributed by atoms with Gasteiger partial charge in [-0.15, -0.1) is 0 Å². The van der Waals surface area contributed by atoms with E-state index in [9.17, 15) is 14.9 Å². The van der Waals surface area contributed by atoms with Gasteiger partial charge in [0.15, 0.2) is 0 Å². The average molecular weight is 241 g/mol. The summed E-state index contributed by atoms with van der Waals surface area (Å²) in [6.07, 6.45) is 0.294. The molecule has 0 aliphatic carbocycles. The molecule has 1 aromatic carbocycles. The molecule has 1 heterocycles. The molecule has 1 aromatic rings. The SMILES string of the molecule is O=C1CC(c2ccc(Cl)cc2[N+](=O)[O-])CN1. The van der Waals surface area contributed by atoms with E-state index >= 15 is 0 Å². The van der Waals surface area contributed by atoms with Gasteiger partial charge in [0.1, 0.15) is 0 Å². The minimum absolute atomic E-state index is 0.0194. The second kappa shape index (κ2) is 4.09. The van der Waals surface area contributed by atoms with Gasteiger partial charge in [0.25, 0.3) is 5.69 Å². The molecule has 1 amide bonds. The number of nitro groups is 1. The normalized spacial score (nSPS) is 19.6. The second-order valence-electron chi connectivity index (χ2n) is 3.67. The van der Waals surface area contributed by atoms with Crippen LogP contribution in [0.5, 0.6) is 0 Å². The molecule has 1 aliphatic rings. The zero-order chi connectivity index (χ0) is 11.7. The van der Waals surface area contributed by atoms with E-state index in [1.165, 1.54) is 6.07 Å². The molecule has 84 valence electrons. The van der Waals surface area contributed by atoms with Gasteiger partial charge >= 0.3 is 0 Å². The predicted molar refractivity (Wildman–Crippen MR) is 58.5 cm³/mol. The largest absolute Gasteiger partial charge is 0.355 e. The van der Waals surface area contributed by atoms with Crippen LogP contribution >= 0.6 is 11.6 Å². The number of amides is 1. The molecule has 16 heavy (non-hydrogen) atoms. The summed E-state index contributed by atoms with van der Waals surface area (Å²) in [5, 5.41) is 13.8. The van der Waals surface area contributed by atoms with E-state index in [1.54, 1.807) is 12.1 Å². The number of rotatable bonds is 2. The minimum atomic E-state index is -0.468. The number of nitrogens with zero attached hydrogens (tertiary/aromatic N) is 1. The fourth-order valence-electron chi connectivity index (χ4n) is 1.85. The topological polar surface area (TPSA) is 72.2 Å². The van der Waals surface area contributed by atoms with Crippen molar-refractivity contribution in [2.75, 3.05) is 6.54 Å². The maximum absolute atomic E-state index is 11.1. The van der Waals surface area contributed by atoms with E-state index in [1.807, 2.05) is 0 Å². The summed E-state index contributed by atoms with van der Waals surface area (Å²) in [6, 6.07) is 4.54. The third-order valence-electron chi connectivity index (χ3n) is 2.61. The first-order valence-electron chi connectivity index (χ1n) is 4.78. The van der Waals surface area contributed by atoms with Crippen molar-refractivity contribution in [3.8, 4) is 0 Å². The highest BCUT2D eigenvalue weighted by Crippen LogP contribution is 2.32. The fraction of sp³-hybridized carbons (Fsp3) is 0.300. The molecule has 5 nitrogen and oxygen atoms in total. The third-order valence-corrected chi connectivity index (χ3v) is 2.84. The van der Waals surface area contributed by atoms with Gasteiger partial charge in [-0.2, -0.15) is 0 Å². The number of carbonyl (C=O) groups excluding carboxylic acids is 1. The highest BCUT2D eigenvalue weighted by molar-refractivity contribution is 6.30. The lowest BCUT2D eigenvalue weighted by Gasteiger charge is -2.08. The van der Waals surface area contributed by atoms with Crippen LogP contribution < -0.4 is 5.32 Å². The van der Waals surface area contributed by atoms with Crippen LogP contribution in [0.15, 0.2) is 18.2 Å². The maximum atomic E-state index is 11.1. The first-order valence-corrected chi connectivity index (χ1v) is 5.16. The Bertz CT molecular complexity index is 461. The number of halogens is 1. The molecule has 0 saturated carbocycles. The number of benzene rings is 1. The van der Waals surface area contributed by atoms with Crippen LogP contribution in [-0.2, 0) is 4.79 Å². The lowest BCUT2D eigenvalue weighted by Crippen LogP contribution is -2.13. The van der Waals surface area contributed by atoms with Gasteiger partial charge in [-0.3, -0.25) is 14.9 Å². The number of carbonyl (C=O) groups is 1. The summed E-state index contributed by atoms with van der Waals surface area (Å²) in [7, 11) is 0. The van der Waals surface area contributed by atoms with Gasteiger partial charge < -0.3 is 5.32 Å². The summed E-state index contributed by atoms with van der Waals surface area (Å²) >= 11 is 5.71. The van der Waals surface area contributed by atoms with Crippen molar-refractivity contribution < 1.29 is 9.72 Å². The molecule has 1 unspecified atom stereocenters. The first-order chi connectivity index (χ1) is 7.58. The Morgan fingerprint density at radius 1 is 1.50 bits per heavy atom. The van der Waals surface area contributed by atoms with E-state index in [2.05, 4.69) is 5.32 Å². The van der Waals surface area contributed by atoms with Gasteiger partial charge in [-0.25, -0.2) is 0 Å². The number of nitro benzene ring substituents is 1. The number of hydrogen-bond acceptors (Lipinski definition) is 3. The molecular weight excluding hydrogens is 232 g/mol. The van der Waals surface area contributed by atoms with Crippen molar-refractivity contribution in [2.45, 2.75) is 12.3 Å². The Balaban J connectivity index is 2.40. The van der Waals surface area contributed by atoms with E-state index in [4.69, 9.17) is 11.6 Å². The van der Waals surface area contributed by atoms with Crippen LogP contribution in [0.3, 0.4) is 0 Å². The molecule has 2 rings (SSSR count). The van der Waals surface area contributed by atoms with Gasteiger partial charge in [0.05, 0.1) is 4.92 Å². The highest BCUT2D eigenvalue weighted by atomic mass is 35.5. The Morgan fingerprint density at radius 2 is 2.25 bits per heavy atom. The van der Waals surface area contributed by atoms with E-state index < -0.39 is 4.92 Å². The smallest absolute Gasteiger partial charge is 0.274 e. The van der Waals surface area contributed by atoms with Crippen LogP contribution in [0.1, 0.15) is 17.9 Å². The number of nitrogens with one attached hydrogen (secondary N) is 1. The summed E-state index contributed by atoms with van der Waals surface area (Å²) in [5.41, 5.74) is 0.543. The lowest BCUT2D eigenvalue weighted by atomic mass is 9.96. The summed E-state index contributed by atoms with van der Waals surface area (Å²) in [4.78, 5) is 21.5. The van der Waals surface area contributed by atoms with Crippen LogP contribution in [0.2, 0.25) is 5.02 Å². The molecule has 1 aliphatic heterocycles. The average Bonchev–Trinajstić information content (AvgIpc) is 2.64. The highest BCUT2D eigenvalue weighted by Gasteiger charge is 2.28. The van der Waals surface area contributed by atoms with Crippen molar-refractivity contribution in [3.63, 3.8) is 0 Å². The van der Waals surface area contributed by atoms with E-state index in [0.29, 0.717) is 23.6 Å². The molecule has 0 aromatic heterocycles. The Morgan fingerprint density at radius 3 is 2.81 bits per heavy atom. The van der Waals surface area contributed by atoms with Crippen molar-refractivity contribution in [1.82, 2.24) is 5.32 Å². The van der Waals surface area contributed by atoms with Crippen molar-refractivity contribution in [2.24, 2.45) is 0 Å². The minimum Gasteiger partial charge on any atom is -0.355 e. The third kappa shape index (κ3) is 1.99. The second-order valence-corrected chi connectivity index (χ2v) is 4.10. The quantitative estimate of drug-likeness (QED) is 0.633. The molecule has 0 radical (unpaired) electrons. The van der Waals surface area contributed by atoms with Crippen molar-refractivity contribution in [1.29, 1.82) is 0 Å². The van der Waals surface area contributed by atoms with Crippen LogP contribution in [-0.4, -0.2) is 17.4 Å². The molecule has 0 spiro atoms. The van der Waals surface area contributed by atoms with E-state index in [0.717, 1.165) is 0 Å². The predicted octanol–water partition coefficient (Wildman–Crippen LogP) is 1.85. The molecule has 0 bridgehead atoms. The molecule has 1 saturated heterocycles. The summed E-state index contributed by atoms with van der Waals surface area (Å²) < 4.78 is 0. The Hall–Kier alpha value is -1.62. The monoisotopic (exact) mass is 240 g/mol. The number of hydrogen-bond donors (Lipinski definition) is 1. The molecule has 1 N–H and O–H groups in total. The van der Waals surface area contributed by atoms with Crippen LogP contribution in [0, 0.1) is 10.1 Å². The molecule has 1 atom stereocenters. The Kier molecular flexibility index (Phi) is 2.78. The van der Waals surface area contributed by atoms with Gasteiger partial charge in [0, 0.05) is 35.5 Å². The van der Waals surface area contributed by atoms with Crippen molar-refractivity contribution >= 4 is 23.2 Å². The molecule has 6 heteroatoms. The maximum Gasteiger partial charge on any atom is 0.274 e. The zero-order valence-corrected chi connectivity index (χ0v) is 9.03.